The molecule has 0 bridgehead atoms. The molecule has 1 heterocycles. The summed E-state index contributed by atoms with van der Waals surface area (Å²) in [5.41, 5.74) is 6.52. The SMILES string of the molecule is Cl.NC1(C(=O)NC2COc3ccccc3C2)CCC1. The number of hydrogen-bond donors (Lipinski definition) is 2. The molecular weight excluding hydrogens is 264 g/mol. The fourth-order valence-electron chi connectivity index (χ4n) is 2.53. The highest BCUT2D eigenvalue weighted by atomic mass is 35.5. The molecule has 1 saturated carbocycles. The Morgan fingerprint density at radius 3 is 2.79 bits per heavy atom. The van der Waals surface area contributed by atoms with Gasteiger partial charge >= 0.3 is 0 Å². The van der Waals surface area contributed by atoms with Crippen molar-refractivity contribution in [1.29, 1.82) is 0 Å². The van der Waals surface area contributed by atoms with Gasteiger partial charge in [-0.05, 0) is 37.3 Å². The number of rotatable bonds is 2. The zero-order valence-electron chi connectivity index (χ0n) is 10.7. The van der Waals surface area contributed by atoms with Crippen LogP contribution in [0.2, 0.25) is 0 Å². The maximum absolute atomic E-state index is 12.0. The third kappa shape index (κ3) is 2.69. The molecule has 0 radical (unpaired) electrons. The Morgan fingerprint density at radius 2 is 2.11 bits per heavy atom. The minimum absolute atomic E-state index is 0. The average molecular weight is 283 g/mol. The summed E-state index contributed by atoms with van der Waals surface area (Å²) in [6.07, 6.45) is 3.46. The lowest BCUT2D eigenvalue weighted by Crippen LogP contribution is -2.61. The molecule has 0 aromatic heterocycles. The van der Waals surface area contributed by atoms with Crippen LogP contribution in [0, 0.1) is 0 Å². The highest BCUT2D eigenvalue weighted by Crippen LogP contribution is 2.30. The molecular formula is C14H19ClN2O2. The second-order valence-corrected chi connectivity index (χ2v) is 5.30. The van der Waals surface area contributed by atoms with Crippen LogP contribution in [0.5, 0.6) is 5.75 Å². The van der Waals surface area contributed by atoms with Crippen molar-refractivity contribution in [1.82, 2.24) is 5.32 Å². The Kier molecular flexibility index (Phi) is 4.02. The van der Waals surface area contributed by atoms with Gasteiger partial charge in [-0.25, -0.2) is 0 Å². The molecule has 2 aliphatic rings. The third-order valence-electron chi connectivity index (χ3n) is 3.91. The summed E-state index contributed by atoms with van der Waals surface area (Å²) in [5.74, 6) is 0.899. The van der Waals surface area contributed by atoms with Crippen molar-refractivity contribution in [3.63, 3.8) is 0 Å². The second kappa shape index (κ2) is 5.39. The Labute approximate surface area is 119 Å². The fraction of sp³-hybridized carbons (Fsp3) is 0.500. The summed E-state index contributed by atoms with van der Waals surface area (Å²) in [6.45, 7) is 0.527. The fourth-order valence-corrected chi connectivity index (χ4v) is 2.53. The quantitative estimate of drug-likeness (QED) is 0.862. The van der Waals surface area contributed by atoms with Gasteiger partial charge in [-0.2, -0.15) is 0 Å². The Morgan fingerprint density at radius 1 is 1.37 bits per heavy atom. The van der Waals surface area contributed by atoms with Gasteiger partial charge in [0, 0.05) is 0 Å². The number of para-hydroxylation sites is 1. The van der Waals surface area contributed by atoms with E-state index in [4.69, 9.17) is 10.5 Å². The van der Waals surface area contributed by atoms with Crippen LogP contribution in [0.4, 0.5) is 0 Å². The molecule has 1 aliphatic heterocycles. The van der Waals surface area contributed by atoms with Crippen LogP contribution in [0.15, 0.2) is 24.3 Å². The van der Waals surface area contributed by atoms with Crippen LogP contribution in [-0.2, 0) is 11.2 Å². The second-order valence-electron chi connectivity index (χ2n) is 5.30. The zero-order chi connectivity index (χ0) is 12.6. The van der Waals surface area contributed by atoms with E-state index < -0.39 is 5.54 Å². The van der Waals surface area contributed by atoms with Gasteiger partial charge in [0.05, 0.1) is 11.6 Å². The number of fused-ring (bicyclic) bond motifs is 1. The Hall–Kier alpha value is -1.26. The van der Waals surface area contributed by atoms with Gasteiger partial charge in [-0.3, -0.25) is 4.79 Å². The van der Waals surface area contributed by atoms with Crippen LogP contribution < -0.4 is 15.8 Å². The normalized spacial score (nSPS) is 23.1. The van der Waals surface area contributed by atoms with Crippen LogP contribution in [0.3, 0.4) is 0 Å². The monoisotopic (exact) mass is 282 g/mol. The summed E-state index contributed by atoms with van der Waals surface area (Å²) < 4.78 is 5.65. The van der Waals surface area contributed by atoms with E-state index >= 15 is 0 Å². The molecule has 0 spiro atoms. The van der Waals surface area contributed by atoms with Crippen molar-refractivity contribution in [2.45, 2.75) is 37.3 Å². The minimum atomic E-state index is -0.628. The molecule has 3 N–H and O–H groups in total. The lowest BCUT2D eigenvalue weighted by Gasteiger charge is -2.38. The molecule has 1 aromatic carbocycles. The first-order chi connectivity index (χ1) is 8.67. The zero-order valence-corrected chi connectivity index (χ0v) is 11.5. The minimum Gasteiger partial charge on any atom is -0.491 e. The number of halogens is 1. The van der Waals surface area contributed by atoms with E-state index in [0.717, 1.165) is 37.0 Å². The molecule has 5 heteroatoms. The molecule has 1 aliphatic carbocycles. The average Bonchev–Trinajstić information content (AvgIpc) is 2.35. The van der Waals surface area contributed by atoms with E-state index in [2.05, 4.69) is 5.32 Å². The van der Waals surface area contributed by atoms with Gasteiger partial charge in [0.1, 0.15) is 12.4 Å². The van der Waals surface area contributed by atoms with Gasteiger partial charge in [0.15, 0.2) is 0 Å². The summed E-state index contributed by atoms with van der Waals surface area (Å²) in [5, 5.41) is 3.01. The molecule has 1 unspecified atom stereocenters. The maximum atomic E-state index is 12.0. The van der Waals surface area contributed by atoms with Crippen molar-refractivity contribution < 1.29 is 9.53 Å². The van der Waals surface area contributed by atoms with Crippen molar-refractivity contribution in [3.8, 4) is 5.75 Å². The van der Waals surface area contributed by atoms with Crippen molar-refractivity contribution in [3.05, 3.63) is 29.8 Å². The molecule has 0 saturated heterocycles. The molecule has 1 amide bonds. The lowest BCUT2D eigenvalue weighted by molar-refractivity contribution is -0.130. The molecule has 4 nitrogen and oxygen atoms in total. The van der Waals surface area contributed by atoms with E-state index in [1.165, 1.54) is 0 Å². The van der Waals surface area contributed by atoms with Crippen molar-refractivity contribution in [2.75, 3.05) is 6.61 Å². The van der Waals surface area contributed by atoms with E-state index in [0.29, 0.717) is 6.61 Å². The van der Waals surface area contributed by atoms with Gasteiger partial charge in [0.25, 0.3) is 0 Å². The topological polar surface area (TPSA) is 64.4 Å². The number of amides is 1. The maximum Gasteiger partial charge on any atom is 0.240 e. The summed E-state index contributed by atoms with van der Waals surface area (Å²) in [4.78, 5) is 12.0. The van der Waals surface area contributed by atoms with Gasteiger partial charge < -0.3 is 15.8 Å². The first-order valence-corrected chi connectivity index (χ1v) is 6.48. The first kappa shape index (κ1) is 14.2. The van der Waals surface area contributed by atoms with Crippen molar-refractivity contribution >= 4 is 18.3 Å². The Bertz CT molecular complexity index is 474. The summed E-state index contributed by atoms with van der Waals surface area (Å²) in [7, 11) is 0. The molecule has 1 aromatic rings. The number of nitrogens with two attached hydrogens (primary N) is 1. The Balaban J connectivity index is 0.00000133. The van der Waals surface area contributed by atoms with Crippen LogP contribution in [0.25, 0.3) is 0 Å². The van der Waals surface area contributed by atoms with Crippen molar-refractivity contribution in [2.24, 2.45) is 5.73 Å². The van der Waals surface area contributed by atoms with Crippen LogP contribution in [0.1, 0.15) is 24.8 Å². The van der Waals surface area contributed by atoms with E-state index in [1.54, 1.807) is 0 Å². The van der Waals surface area contributed by atoms with Gasteiger partial charge in [0.2, 0.25) is 5.91 Å². The van der Waals surface area contributed by atoms with Gasteiger partial charge in [-0.1, -0.05) is 18.2 Å². The lowest BCUT2D eigenvalue weighted by atomic mass is 9.77. The highest BCUT2D eigenvalue weighted by Gasteiger charge is 2.41. The summed E-state index contributed by atoms with van der Waals surface area (Å²) in [6, 6.07) is 7.98. The van der Waals surface area contributed by atoms with E-state index in [1.807, 2.05) is 24.3 Å². The summed E-state index contributed by atoms with van der Waals surface area (Å²) >= 11 is 0. The molecule has 1 fully saturated rings. The number of nitrogens with one attached hydrogen (secondary N) is 1. The van der Waals surface area contributed by atoms with Gasteiger partial charge in [-0.15, -0.1) is 12.4 Å². The number of carbonyl (C=O) groups is 1. The first-order valence-electron chi connectivity index (χ1n) is 6.48. The van der Waals surface area contributed by atoms with E-state index in [-0.39, 0.29) is 24.4 Å². The molecule has 104 valence electrons. The van der Waals surface area contributed by atoms with Crippen LogP contribution >= 0.6 is 12.4 Å². The largest absolute Gasteiger partial charge is 0.491 e. The molecule has 3 rings (SSSR count). The standard InChI is InChI=1S/C14H18N2O2.ClH/c15-14(6-3-7-14)13(17)16-11-8-10-4-1-2-5-12(10)18-9-11;/h1-2,4-5,11H,3,6-9,15H2,(H,16,17);1H. The van der Waals surface area contributed by atoms with E-state index in [9.17, 15) is 4.79 Å². The number of benzene rings is 1. The molecule has 1 atom stereocenters. The third-order valence-corrected chi connectivity index (χ3v) is 3.91. The predicted octanol–water partition coefficient (Wildman–Crippen LogP) is 1.41. The van der Waals surface area contributed by atoms with Crippen LogP contribution in [-0.4, -0.2) is 24.1 Å². The number of hydrogen-bond acceptors (Lipinski definition) is 3. The smallest absolute Gasteiger partial charge is 0.240 e. The molecule has 19 heavy (non-hydrogen) atoms. The highest BCUT2D eigenvalue weighted by molar-refractivity contribution is 5.87. The number of ether oxygens (including phenoxy) is 1. The number of carbonyl (C=O) groups excluding carboxylic acids is 1. The predicted molar refractivity (Wildman–Crippen MR) is 75.6 cm³/mol.